The second-order valence-corrected chi connectivity index (χ2v) is 3.90. The average Bonchev–Trinajstić information content (AvgIpc) is 2.25. The van der Waals surface area contributed by atoms with Gasteiger partial charge < -0.3 is 10.5 Å². The van der Waals surface area contributed by atoms with E-state index in [0.29, 0.717) is 11.8 Å². The lowest BCUT2D eigenvalue weighted by Gasteiger charge is -2.03. The van der Waals surface area contributed by atoms with Crippen LogP contribution in [-0.2, 0) is 9.53 Å². The zero-order valence-electron chi connectivity index (χ0n) is 8.50. The van der Waals surface area contributed by atoms with Gasteiger partial charge in [0.05, 0.1) is 13.5 Å². The number of pyridine rings is 1. The molecule has 0 bridgehead atoms. The van der Waals surface area contributed by atoms with Crippen LogP contribution in [-0.4, -0.2) is 23.8 Å². The number of carbonyl (C=O) groups is 1. The third-order valence-electron chi connectivity index (χ3n) is 1.70. The van der Waals surface area contributed by atoms with Gasteiger partial charge in [-0.3, -0.25) is 4.79 Å². The maximum atomic E-state index is 13.1. The van der Waals surface area contributed by atoms with E-state index in [4.69, 9.17) is 5.73 Å². The number of aromatic nitrogens is 1. The summed E-state index contributed by atoms with van der Waals surface area (Å²) in [5, 5.41) is -0.0252. The number of nitrogens with zero attached hydrogens (tertiary/aromatic N) is 1. The molecule has 0 aliphatic carbocycles. The Morgan fingerprint density at radius 1 is 1.56 bits per heavy atom. The molecule has 1 heterocycles. The average molecular weight is 248 g/mol. The lowest BCUT2D eigenvalue weighted by atomic mass is 10.4. The molecule has 0 atom stereocenters. The van der Waals surface area contributed by atoms with Crippen LogP contribution in [0.25, 0.3) is 0 Å². The molecule has 0 unspecified atom stereocenters. The van der Waals surface area contributed by atoms with Crippen LogP contribution in [0, 0.1) is 11.6 Å². The number of hydrogen-bond donors (Lipinski definition) is 1. The fraction of sp³-hybridized carbons (Fsp3) is 0.333. The molecule has 1 rings (SSSR count). The third-order valence-corrected chi connectivity index (χ3v) is 2.67. The smallest absolute Gasteiger partial charge is 0.306 e. The molecule has 2 N–H and O–H groups in total. The number of anilines is 1. The van der Waals surface area contributed by atoms with Crippen LogP contribution in [0.15, 0.2) is 11.1 Å². The standard InChI is InChI=1S/C9H10F2N2O2S/c1-15-7(14)2-3-16-9-6(11)4-5(10)8(12)13-9/h4H,2-3H2,1H3,(H2,12,13). The van der Waals surface area contributed by atoms with Gasteiger partial charge in [0.2, 0.25) is 0 Å². The number of hydrogen-bond acceptors (Lipinski definition) is 5. The first-order valence-corrected chi connectivity index (χ1v) is 5.34. The van der Waals surface area contributed by atoms with E-state index in [9.17, 15) is 13.6 Å². The largest absolute Gasteiger partial charge is 0.469 e. The molecule has 0 amide bonds. The van der Waals surface area contributed by atoms with Crippen molar-refractivity contribution >= 4 is 23.5 Å². The van der Waals surface area contributed by atoms with E-state index in [0.717, 1.165) is 11.8 Å². The predicted octanol–water partition coefficient (Wildman–Crippen LogP) is 1.60. The minimum Gasteiger partial charge on any atom is -0.469 e. The minimum atomic E-state index is -0.894. The summed E-state index contributed by atoms with van der Waals surface area (Å²) in [5.74, 6) is -2.15. The molecule has 0 radical (unpaired) electrons. The summed E-state index contributed by atoms with van der Waals surface area (Å²) in [6.45, 7) is 0. The topological polar surface area (TPSA) is 65.2 Å². The van der Waals surface area contributed by atoms with Crippen molar-refractivity contribution in [1.82, 2.24) is 4.98 Å². The summed E-state index contributed by atoms with van der Waals surface area (Å²) in [5.41, 5.74) is 5.19. The summed E-state index contributed by atoms with van der Waals surface area (Å²) in [6.07, 6.45) is 0.125. The highest BCUT2D eigenvalue weighted by Gasteiger charge is 2.11. The Balaban J connectivity index is 2.60. The van der Waals surface area contributed by atoms with Crippen molar-refractivity contribution in [3.8, 4) is 0 Å². The molecule has 0 spiro atoms. The summed E-state index contributed by atoms with van der Waals surface area (Å²) in [4.78, 5) is 14.3. The van der Waals surface area contributed by atoms with Gasteiger partial charge in [-0.05, 0) is 0 Å². The lowest BCUT2D eigenvalue weighted by molar-refractivity contribution is -0.140. The number of ether oxygens (including phenoxy) is 1. The second-order valence-electron chi connectivity index (χ2n) is 2.82. The SMILES string of the molecule is COC(=O)CCSc1nc(N)c(F)cc1F. The zero-order chi connectivity index (χ0) is 12.1. The van der Waals surface area contributed by atoms with Gasteiger partial charge in [-0.2, -0.15) is 0 Å². The predicted molar refractivity (Wildman–Crippen MR) is 55.9 cm³/mol. The summed E-state index contributed by atoms with van der Waals surface area (Å²) in [7, 11) is 1.27. The van der Waals surface area contributed by atoms with Crippen molar-refractivity contribution in [2.45, 2.75) is 11.4 Å². The van der Waals surface area contributed by atoms with E-state index in [-0.39, 0.29) is 17.3 Å². The number of methoxy groups -OCH3 is 1. The van der Waals surface area contributed by atoms with Crippen molar-refractivity contribution in [3.63, 3.8) is 0 Å². The number of thioether (sulfide) groups is 1. The first kappa shape index (κ1) is 12.7. The molecular weight excluding hydrogens is 238 g/mol. The first-order chi connectivity index (χ1) is 7.54. The number of nitrogens with two attached hydrogens (primary N) is 1. The molecule has 88 valence electrons. The van der Waals surface area contributed by atoms with Crippen molar-refractivity contribution in [1.29, 1.82) is 0 Å². The van der Waals surface area contributed by atoms with Crippen LogP contribution in [0.3, 0.4) is 0 Å². The van der Waals surface area contributed by atoms with Crippen molar-refractivity contribution in [2.75, 3.05) is 18.6 Å². The van der Waals surface area contributed by atoms with Gasteiger partial charge in [0.15, 0.2) is 17.5 Å². The van der Waals surface area contributed by atoms with Gasteiger partial charge in [-0.1, -0.05) is 0 Å². The molecular formula is C9H10F2N2O2S. The Morgan fingerprint density at radius 2 is 2.25 bits per heavy atom. The van der Waals surface area contributed by atoms with Crippen LogP contribution in [0.1, 0.15) is 6.42 Å². The maximum absolute atomic E-state index is 13.1. The molecule has 0 aliphatic heterocycles. The van der Waals surface area contributed by atoms with Gasteiger partial charge in [0, 0.05) is 11.8 Å². The van der Waals surface area contributed by atoms with Crippen molar-refractivity contribution < 1.29 is 18.3 Å². The molecule has 0 aliphatic rings. The number of halogens is 2. The van der Waals surface area contributed by atoms with Crippen molar-refractivity contribution in [2.24, 2.45) is 0 Å². The third kappa shape index (κ3) is 3.34. The van der Waals surface area contributed by atoms with E-state index in [2.05, 4.69) is 9.72 Å². The molecule has 0 saturated heterocycles. The Morgan fingerprint density at radius 3 is 2.88 bits per heavy atom. The van der Waals surface area contributed by atoms with Gasteiger partial charge in [0.1, 0.15) is 5.03 Å². The molecule has 1 aromatic heterocycles. The number of carbonyl (C=O) groups excluding carboxylic acids is 1. The Hall–Kier alpha value is -1.37. The number of esters is 1. The highest BCUT2D eigenvalue weighted by molar-refractivity contribution is 7.99. The van der Waals surface area contributed by atoms with E-state index in [1.165, 1.54) is 7.11 Å². The molecule has 1 aromatic rings. The summed E-state index contributed by atoms with van der Waals surface area (Å²) in [6, 6.07) is 0.669. The lowest BCUT2D eigenvalue weighted by Crippen LogP contribution is -2.03. The molecule has 0 fully saturated rings. The van der Waals surface area contributed by atoms with E-state index in [1.807, 2.05) is 0 Å². The van der Waals surface area contributed by atoms with Crippen LogP contribution in [0.2, 0.25) is 0 Å². The Labute approximate surface area is 95.2 Å². The second kappa shape index (κ2) is 5.64. The Bertz CT molecular complexity index is 401. The van der Waals surface area contributed by atoms with Crippen molar-refractivity contribution in [3.05, 3.63) is 17.7 Å². The molecule has 7 heteroatoms. The van der Waals surface area contributed by atoms with E-state index < -0.39 is 17.6 Å². The van der Waals surface area contributed by atoms with Gasteiger partial charge >= 0.3 is 5.97 Å². The molecule has 16 heavy (non-hydrogen) atoms. The van der Waals surface area contributed by atoms with E-state index in [1.54, 1.807) is 0 Å². The monoisotopic (exact) mass is 248 g/mol. The molecule has 0 saturated carbocycles. The number of rotatable bonds is 4. The van der Waals surface area contributed by atoms with E-state index >= 15 is 0 Å². The van der Waals surface area contributed by atoms with Gasteiger partial charge in [-0.15, -0.1) is 11.8 Å². The van der Waals surface area contributed by atoms with Crippen LogP contribution in [0.4, 0.5) is 14.6 Å². The fourth-order valence-corrected chi connectivity index (χ4v) is 1.72. The fourth-order valence-electron chi connectivity index (χ4n) is 0.897. The normalized spacial score (nSPS) is 10.2. The highest BCUT2D eigenvalue weighted by atomic mass is 32.2. The molecule has 4 nitrogen and oxygen atoms in total. The highest BCUT2D eigenvalue weighted by Crippen LogP contribution is 2.22. The zero-order valence-corrected chi connectivity index (χ0v) is 9.31. The summed E-state index contributed by atoms with van der Waals surface area (Å²) >= 11 is 0.980. The summed E-state index contributed by atoms with van der Waals surface area (Å²) < 4.78 is 30.3. The van der Waals surface area contributed by atoms with Crippen LogP contribution in [0.5, 0.6) is 0 Å². The first-order valence-electron chi connectivity index (χ1n) is 4.35. The molecule has 0 aromatic carbocycles. The van der Waals surface area contributed by atoms with Gasteiger partial charge in [-0.25, -0.2) is 13.8 Å². The quantitative estimate of drug-likeness (QED) is 0.647. The maximum Gasteiger partial charge on any atom is 0.306 e. The van der Waals surface area contributed by atoms with Crippen LogP contribution < -0.4 is 5.73 Å². The minimum absolute atomic E-state index is 0.0252. The van der Waals surface area contributed by atoms with Crippen LogP contribution >= 0.6 is 11.8 Å². The van der Waals surface area contributed by atoms with Gasteiger partial charge in [0.25, 0.3) is 0 Å². The number of nitrogen functional groups attached to an aromatic ring is 1. The Kier molecular flexibility index (Phi) is 4.48.